The van der Waals surface area contributed by atoms with Gasteiger partial charge in [0.2, 0.25) is 5.91 Å². The van der Waals surface area contributed by atoms with Crippen molar-refractivity contribution >= 4 is 39.5 Å². The quantitative estimate of drug-likeness (QED) is 0.260. The third-order valence-electron chi connectivity index (χ3n) is 4.53. The van der Waals surface area contributed by atoms with Crippen LogP contribution in [-0.2, 0) is 4.79 Å². The van der Waals surface area contributed by atoms with E-state index in [4.69, 9.17) is 0 Å². The van der Waals surface area contributed by atoms with Crippen molar-refractivity contribution in [3.63, 3.8) is 0 Å². The van der Waals surface area contributed by atoms with Crippen molar-refractivity contribution in [3.05, 3.63) is 88.9 Å². The number of aromatic hydroxyl groups is 1. The zero-order valence-electron chi connectivity index (χ0n) is 17.1. The van der Waals surface area contributed by atoms with Crippen LogP contribution in [0, 0.1) is 0 Å². The third-order valence-corrected chi connectivity index (χ3v) is 5.99. The number of rotatable bonds is 6. The lowest BCUT2D eigenvalue weighted by atomic mass is 10.2. The molecule has 1 heterocycles. The molecule has 0 saturated heterocycles. The zero-order valence-corrected chi connectivity index (χ0v) is 19.5. The summed E-state index contributed by atoms with van der Waals surface area (Å²) < 4.78 is 2.69. The summed E-state index contributed by atoms with van der Waals surface area (Å²) in [7, 11) is 0. The second-order valence-electron chi connectivity index (χ2n) is 6.82. The highest BCUT2D eigenvalue weighted by molar-refractivity contribution is 9.10. The highest BCUT2D eigenvalue weighted by Crippen LogP contribution is 2.28. The number of carbonyl (C=O) groups is 2. The van der Waals surface area contributed by atoms with E-state index in [9.17, 15) is 14.7 Å². The first-order valence-electron chi connectivity index (χ1n) is 9.79. The van der Waals surface area contributed by atoms with Crippen LogP contribution in [0.4, 0.5) is 0 Å². The number of hydrogen-bond donors (Lipinski definition) is 3. The van der Waals surface area contributed by atoms with Crippen LogP contribution in [0.2, 0.25) is 0 Å². The highest BCUT2D eigenvalue weighted by Gasteiger charge is 2.17. The van der Waals surface area contributed by atoms with Crippen LogP contribution in [0.5, 0.6) is 5.75 Å². The van der Waals surface area contributed by atoms with Crippen LogP contribution in [-0.4, -0.2) is 37.4 Å². The number of hydrazine groups is 1. The van der Waals surface area contributed by atoms with Crippen LogP contribution >= 0.6 is 27.7 Å². The van der Waals surface area contributed by atoms with E-state index in [1.165, 1.54) is 11.8 Å². The average Bonchev–Trinajstić information content (AvgIpc) is 3.26. The van der Waals surface area contributed by atoms with Gasteiger partial charge in [0.25, 0.3) is 5.91 Å². The van der Waals surface area contributed by atoms with E-state index in [0.717, 1.165) is 15.7 Å². The van der Waals surface area contributed by atoms with Gasteiger partial charge in [-0.1, -0.05) is 45.9 Å². The standard InChI is InChI=1S/C23H18BrN5O3S/c24-17-10-6-16(7-11-17)22(32)27-25-20(31)14-33-23-28-26-21(15-8-12-19(30)13-9-15)29(23)18-4-2-1-3-5-18/h1-13,30H,14H2,(H,25,31)(H,27,32). The summed E-state index contributed by atoms with van der Waals surface area (Å²) in [5.74, 6) is -0.0583. The minimum absolute atomic E-state index is 0.0150. The Balaban J connectivity index is 1.46. The molecular formula is C23H18BrN5O3S. The predicted molar refractivity (Wildman–Crippen MR) is 129 cm³/mol. The number of para-hydroxylation sites is 1. The average molecular weight is 524 g/mol. The monoisotopic (exact) mass is 523 g/mol. The number of phenols is 1. The van der Waals surface area contributed by atoms with Crippen molar-refractivity contribution in [1.82, 2.24) is 25.6 Å². The molecule has 3 N–H and O–H groups in total. The molecule has 8 nitrogen and oxygen atoms in total. The fourth-order valence-corrected chi connectivity index (χ4v) is 3.95. The molecular weight excluding hydrogens is 506 g/mol. The number of nitrogens with zero attached hydrogens (tertiary/aromatic N) is 3. The van der Waals surface area contributed by atoms with E-state index in [-0.39, 0.29) is 17.4 Å². The molecule has 0 spiro atoms. The summed E-state index contributed by atoms with van der Waals surface area (Å²) in [6.07, 6.45) is 0. The Morgan fingerprint density at radius 3 is 2.30 bits per heavy atom. The van der Waals surface area contributed by atoms with Gasteiger partial charge in [-0.3, -0.25) is 25.0 Å². The fourth-order valence-electron chi connectivity index (χ4n) is 2.94. The maximum atomic E-state index is 12.3. The lowest BCUT2D eigenvalue weighted by molar-refractivity contribution is -0.119. The Morgan fingerprint density at radius 2 is 1.61 bits per heavy atom. The molecule has 0 aliphatic carbocycles. The number of nitrogens with one attached hydrogen (secondary N) is 2. The topological polar surface area (TPSA) is 109 Å². The molecule has 0 bridgehead atoms. The van der Waals surface area contributed by atoms with E-state index in [1.807, 2.05) is 34.9 Å². The Labute approximate surface area is 202 Å². The molecule has 0 radical (unpaired) electrons. The summed E-state index contributed by atoms with van der Waals surface area (Å²) in [5, 5.41) is 18.7. The Kier molecular flexibility index (Phi) is 7.06. The van der Waals surface area contributed by atoms with Crippen LogP contribution in [0.15, 0.2) is 88.5 Å². The number of thioether (sulfide) groups is 1. The van der Waals surface area contributed by atoms with Crippen molar-refractivity contribution in [3.8, 4) is 22.8 Å². The lowest BCUT2D eigenvalue weighted by Gasteiger charge is -2.11. The second kappa shape index (κ2) is 10.3. The van der Waals surface area contributed by atoms with Gasteiger partial charge in [0.1, 0.15) is 5.75 Å². The largest absolute Gasteiger partial charge is 0.508 e. The Hall–Kier alpha value is -3.63. The number of phenolic OH excluding ortho intramolecular Hbond substituents is 1. The first-order valence-corrected chi connectivity index (χ1v) is 11.6. The number of halogens is 1. The van der Waals surface area contributed by atoms with Gasteiger partial charge in [0, 0.05) is 21.3 Å². The zero-order chi connectivity index (χ0) is 23.2. The van der Waals surface area contributed by atoms with Gasteiger partial charge in [-0.15, -0.1) is 10.2 Å². The van der Waals surface area contributed by atoms with E-state index in [1.54, 1.807) is 48.5 Å². The number of benzene rings is 3. The molecule has 0 aliphatic rings. The molecule has 0 fully saturated rings. The number of amides is 2. The van der Waals surface area contributed by atoms with Gasteiger partial charge in [-0.2, -0.15) is 0 Å². The SMILES string of the molecule is O=C(CSc1nnc(-c2ccc(O)cc2)n1-c1ccccc1)NNC(=O)c1ccc(Br)cc1. The van der Waals surface area contributed by atoms with Gasteiger partial charge in [0.15, 0.2) is 11.0 Å². The number of hydrogen-bond acceptors (Lipinski definition) is 6. The van der Waals surface area contributed by atoms with Crippen molar-refractivity contribution in [2.45, 2.75) is 5.16 Å². The lowest BCUT2D eigenvalue weighted by Crippen LogP contribution is -2.42. The van der Waals surface area contributed by atoms with Crippen molar-refractivity contribution in [2.75, 3.05) is 5.75 Å². The molecule has 4 aromatic rings. The van der Waals surface area contributed by atoms with Gasteiger partial charge in [-0.25, -0.2) is 0 Å². The van der Waals surface area contributed by atoms with Crippen molar-refractivity contribution in [2.24, 2.45) is 0 Å². The van der Waals surface area contributed by atoms with Crippen molar-refractivity contribution < 1.29 is 14.7 Å². The number of aromatic nitrogens is 3. The molecule has 33 heavy (non-hydrogen) atoms. The number of carbonyl (C=O) groups excluding carboxylic acids is 2. The molecule has 10 heteroatoms. The van der Waals surface area contributed by atoms with Crippen LogP contribution in [0.25, 0.3) is 17.1 Å². The molecule has 1 aromatic heterocycles. The highest BCUT2D eigenvalue weighted by atomic mass is 79.9. The molecule has 0 unspecified atom stereocenters. The first-order chi connectivity index (χ1) is 16.0. The maximum Gasteiger partial charge on any atom is 0.269 e. The first kappa shape index (κ1) is 22.6. The summed E-state index contributed by atoms with van der Waals surface area (Å²) in [4.78, 5) is 24.5. The molecule has 0 aliphatic heterocycles. The summed E-state index contributed by atoms with van der Waals surface area (Å²) in [6.45, 7) is 0. The predicted octanol–water partition coefficient (Wildman–Crippen LogP) is 3.96. The van der Waals surface area contributed by atoms with Crippen LogP contribution in [0.3, 0.4) is 0 Å². The second-order valence-corrected chi connectivity index (χ2v) is 8.68. The smallest absolute Gasteiger partial charge is 0.269 e. The van der Waals surface area contributed by atoms with Crippen LogP contribution < -0.4 is 10.9 Å². The molecule has 0 atom stereocenters. The van der Waals surface area contributed by atoms with Crippen molar-refractivity contribution in [1.29, 1.82) is 0 Å². The summed E-state index contributed by atoms with van der Waals surface area (Å²) in [5.41, 5.74) is 6.84. The minimum Gasteiger partial charge on any atom is -0.508 e. The Morgan fingerprint density at radius 1 is 0.909 bits per heavy atom. The van der Waals surface area contributed by atoms with Gasteiger partial charge in [-0.05, 0) is 60.7 Å². The van der Waals surface area contributed by atoms with Gasteiger partial charge in [0.05, 0.1) is 5.75 Å². The van der Waals surface area contributed by atoms with E-state index < -0.39 is 5.91 Å². The normalized spacial score (nSPS) is 10.6. The summed E-state index contributed by atoms with van der Waals surface area (Å²) >= 11 is 4.50. The van der Waals surface area contributed by atoms with E-state index >= 15 is 0 Å². The molecule has 0 saturated carbocycles. The molecule has 3 aromatic carbocycles. The van der Waals surface area contributed by atoms with E-state index in [0.29, 0.717) is 16.5 Å². The Bertz CT molecular complexity index is 1260. The molecule has 166 valence electrons. The molecule has 4 rings (SSSR count). The molecule has 2 amide bonds. The third kappa shape index (κ3) is 5.60. The van der Waals surface area contributed by atoms with E-state index in [2.05, 4.69) is 37.0 Å². The summed E-state index contributed by atoms with van der Waals surface area (Å²) in [6, 6.07) is 23.0. The minimum atomic E-state index is -0.414. The van der Waals surface area contributed by atoms with Crippen LogP contribution in [0.1, 0.15) is 10.4 Å². The van der Waals surface area contributed by atoms with Gasteiger partial charge < -0.3 is 5.11 Å². The maximum absolute atomic E-state index is 12.3. The van der Waals surface area contributed by atoms with Gasteiger partial charge >= 0.3 is 0 Å². The fraction of sp³-hybridized carbons (Fsp3) is 0.0435.